The van der Waals surface area contributed by atoms with Crippen LogP contribution in [0.4, 0.5) is 5.69 Å². The van der Waals surface area contributed by atoms with Gasteiger partial charge in [-0.05, 0) is 32.6 Å². The highest BCUT2D eigenvalue weighted by molar-refractivity contribution is 5.92. The summed E-state index contributed by atoms with van der Waals surface area (Å²) in [6.45, 7) is 10.5. The Kier molecular flexibility index (Phi) is 7.85. The van der Waals surface area contributed by atoms with Crippen LogP contribution in [0.25, 0.3) is 11.0 Å². The fourth-order valence-corrected chi connectivity index (χ4v) is 3.92. The molecule has 172 valence electrons. The van der Waals surface area contributed by atoms with Crippen LogP contribution in [-0.2, 0) is 33.9 Å². The van der Waals surface area contributed by atoms with Gasteiger partial charge in [0.15, 0.2) is 5.65 Å². The molecular formula is C22H35N5O4. The number of hydrogen-bond acceptors (Lipinski definition) is 7. The van der Waals surface area contributed by atoms with Crippen LogP contribution in [-0.4, -0.2) is 51.8 Å². The van der Waals surface area contributed by atoms with Crippen molar-refractivity contribution in [2.24, 2.45) is 5.41 Å². The van der Waals surface area contributed by atoms with Crippen LogP contribution < -0.4 is 10.6 Å². The number of pyridine rings is 1. The smallest absolute Gasteiger partial charge is 0.226 e. The van der Waals surface area contributed by atoms with E-state index in [1.165, 1.54) is 0 Å². The molecule has 0 bridgehead atoms. The van der Waals surface area contributed by atoms with E-state index in [4.69, 9.17) is 15.0 Å². The molecule has 3 N–H and O–H groups in total. The van der Waals surface area contributed by atoms with Crippen molar-refractivity contribution < 1.29 is 19.7 Å². The summed E-state index contributed by atoms with van der Waals surface area (Å²) in [5.74, 6) is -0.0898. The lowest BCUT2D eigenvalue weighted by Gasteiger charge is -2.27. The maximum Gasteiger partial charge on any atom is 0.226 e. The van der Waals surface area contributed by atoms with E-state index in [0.717, 1.165) is 67.0 Å². The number of aryl methyl sites for hydroxylation is 2. The Hall–Kier alpha value is -2.23. The first kappa shape index (κ1) is 23.4. The first-order chi connectivity index (χ1) is 14.9. The Morgan fingerprint density at radius 3 is 2.74 bits per heavy atom. The third-order valence-corrected chi connectivity index (χ3v) is 6.03. The van der Waals surface area contributed by atoms with Gasteiger partial charge in [-0.1, -0.05) is 20.8 Å². The minimum atomic E-state index is -0.659. The zero-order valence-electron chi connectivity index (χ0n) is 19.0. The van der Waals surface area contributed by atoms with Gasteiger partial charge >= 0.3 is 0 Å². The molecule has 0 saturated carbocycles. The van der Waals surface area contributed by atoms with Crippen molar-refractivity contribution >= 4 is 22.6 Å². The molecule has 0 atom stereocenters. The molecule has 1 aliphatic heterocycles. The van der Waals surface area contributed by atoms with Crippen LogP contribution in [0, 0.1) is 5.41 Å². The van der Waals surface area contributed by atoms with Gasteiger partial charge in [0, 0.05) is 49.0 Å². The Labute approximate surface area is 183 Å². The predicted octanol–water partition coefficient (Wildman–Crippen LogP) is 3.13. The number of aromatic nitrogens is 3. The molecule has 31 heavy (non-hydrogen) atoms. The number of anilines is 1. The summed E-state index contributed by atoms with van der Waals surface area (Å²) in [5, 5.41) is 20.9. The van der Waals surface area contributed by atoms with E-state index in [1.54, 1.807) is 0 Å². The number of nitrogens with one attached hydrogen (secondary N) is 2. The van der Waals surface area contributed by atoms with Gasteiger partial charge in [0.2, 0.25) is 5.91 Å². The number of hydrogen-bond donors (Lipinski definition) is 3. The van der Waals surface area contributed by atoms with Gasteiger partial charge in [0.05, 0.1) is 23.9 Å². The molecule has 2 aromatic heterocycles. The lowest BCUT2D eigenvalue weighted by molar-refractivity contribution is -0.245. The molecule has 0 spiro atoms. The van der Waals surface area contributed by atoms with Gasteiger partial charge in [0.1, 0.15) is 0 Å². The fraction of sp³-hybridized carbons (Fsp3) is 0.682. The minimum absolute atomic E-state index is 0.0898. The second-order valence-corrected chi connectivity index (χ2v) is 8.64. The Morgan fingerprint density at radius 2 is 2.10 bits per heavy atom. The van der Waals surface area contributed by atoms with E-state index in [2.05, 4.69) is 34.5 Å². The van der Waals surface area contributed by atoms with Gasteiger partial charge in [-0.25, -0.2) is 14.6 Å². The summed E-state index contributed by atoms with van der Waals surface area (Å²) in [4.78, 5) is 21.9. The number of nitrogens with zero attached hydrogens (tertiary/aromatic N) is 3. The van der Waals surface area contributed by atoms with E-state index in [1.807, 2.05) is 24.7 Å². The van der Waals surface area contributed by atoms with Gasteiger partial charge in [-0.3, -0.25) is 10.1 Å². The van der Waals surface area contributed by atoms with Crippen molar-refractivity contribution in [2.75, 3.05) is 25.1 Å². The van der Waals surface area contributed by atoms with Gasteiger partial charge in [-0.15, -0.1) is 0 Å². The van der Waals surface area contributed by atoms with Crippen molar-refractivity contribution in [1.82, 2.24) is 20.1 Å². The van der Waals surface area contributed by atoms with Crippen molar-refractivity contribution in [3.05, 3.63) is 17.5 Å². The zero-order chi connectivity index (χ0) is 22.4. The number of rotatable bonds is 10. The van der Waals surface area contributed by atoms with E-state index in [0.29, 0.717) is 19.0 Å². The quantitative estimate of drug-likeness (QED) is 0.390. The summed E-state index contributed by atoms with van der Waals surface area (Å²) < 4.78 is 7.42. The van der Waals surface area contributed by atoms with Crippen LogP contribution in [0.2, 0.25) is 0 Å². The fourth-order valence-electron chi connectivity index (χ4n) is 3.92. The molecule has 1 fully saturated rings. The normalized spacial score (nSPS) is 15.4. The standard InChI is InChI=1S/C22H35N5O4/c1-5-18-16(13-23-21(28)22(3,4)9-12-31-29)19(25-15-7-10-30-11-8-15)17-14-24-27(6-2)20(17)26-18/h14-15,29H,5-13H2,1-4H3,(H,23,28)(H,25,26). The Bertz CT molecular complexity index is 890. The highest BCUT2D eigenvalue weighted by Crippen LogP contribution is 2.31. The molecule has 1 aliphatic rings. The highest BCUT2D eigenvalue weighted by atomic mass is 17.1. The van der Waals surface area contributed by atoms with E-state index >= 15 is 0 Å². The number of fused-ring (bicyclic) bond motifs is 1. The SMILES string of the molecule is CCc1nc2c(cnn2CC)c(NC2CCOCC2)c1CNC(=O)C(C)(C)CCOO. The average Bonchev–Trinajstić information content (AvgIpc) is 3.20. The maximum absolute atomic E-state index is 12.8. The first-order valence-electron chi connectivity index (χ1n) is 11.2. The van der Waals surface area contributed by atoms with Crippen molar-refractivity contribution in [3.8, 4) is 0 Å². The Morgan fingerprint density at radius 1 is 1.35 bits per heavy atom. The molecule has 3 rings (SSSR count). The van der Waals surface area contributed by atoms with Crippen LogP contribution in [0.5, 0.6) is 0 Å². The lowest BCUT2D eigenvalue weighted by atomic mass is 9.88. The van der Waals surface area contributed by atoms with Crippen LogP contribution >= 0.6 is 0 Å². The molecule has 0 aliphatic carbocycles. The molecule has 3 heterocycles. The second-order valence-electron chi connectivity index (χ2n) is 8.64. The maximum atomic E-state index is 12.8. The monoisotopic (exact) mass is 433 g/mol. The van der Waals surface area contributed by atoms with Crippen molar-refractivity contribution in [3.63, 3.8) is 0 Å². The van der Waals surface area contributed by atoms with Gasteiger partial charge in [0.25, 0.3) is 0 Å². The number of carbonyl (C=O) groups excluding carboxylic acids is 1. The molecule has 1 saturated heterocycles. The summed E-state index contributed by atoms with van der Waals surface area (Å²) in [6.07, 6.45) is 4.91. The lowest BCUT2D eigenvalue weighted by Crippen LogP contribution is -2.38. The Balaban J connectivity index is 1.94. The summed E-state index contributed by atoms with van der Waals surface area (Å²) >= 11 is 0. The summed E-state index contributed by atoms with van der Waals surface area (Å²) in [7, 11) is 0. The molecule has 0 unspecified atom stereocenters. The molecule has 2 aromatic rings. The zero-order valence-corrected chi connectivity index (χ0v) is 19.0. The summed E-state index contributed by atoms with van der Waals surface area (Å²) in [6, 6.07) is 0.307. The van der Waals surface area contributed by atoms with E-state index in [-0.39, 0.29) is 12.5 Å². The van der Waals surface area contributed by atoms with Gasteiger partial charge in [-0.2, -0.15) is 5.10 Å². The molecule has 9 nitrogen and oxygen atoms in total. The van der Waals surface area contributed by atoms with Crippen LogP contribution in [0.15, 0.2) is 6.20 Å². The largest absolute Gasteiger partial charge is 0.381 e. The van der Waals surface area contributed by atoms with Crippen LogP contribution in [0.3, 0.4) is 0 Å². The van der Waals surface area contributed by atoms with E-state index in [9.17, 15) is 4.79 Å². The number of amides is 1. The molecule has 1 amide bonds. The van der Waals surface area contributed by atoms with Crippen LogP contribution in [0.1, 0.15) is 58.2 Å². The third-order valence-electron chi connectivity index (χ3n) is 6.03. The average molecular weight is 434 g/mol. The summed E-state index contributed by atoms with van der Waals surface area (Å²) in [5.41, 5.74) is 3.16. The molecule has 0 aromatic carbocycles. The minimum Gasteiger partial charge on any atom is -0.381 e. The number of ether oxygens (including phenoxy) is 1. The predicted molar refractivity (Wildman–Crippen MR) is 119 cm³/mol. The second kappa shape index (κ2) is 10.4. The van der Waals surface area contributed by atoms with Crippen molar-refractivity contribution in [1.29, 1.82) is 0 Å². The molecule has 0 radical (unpaired) electrons. The highest BCUT2D eigenvalue weighted by Gasteiger charge is 2.28. The topological polar surface area (TPSA) is 111 Å². The number of carbonyl (C=O) groups is 1. The molecule has 9 heteroatoms. The third kappa shape index (κ3) is 5.34. The van der Waals surface area contributed by atoms with Gasteiger partial charge < -0.3 is 15.4 Å². The molecular weight excluding hydrogens is 398 g/mol. The van der Waals surface area contributed by atoms with E-state index < -0.39 is 5.41 Å². The van der Waals surface area contributed by atoms with Crippen molar-refractivity contribution in [2.45, 2.75) is 72.5 Å². The first-order valence-corrected chi connectivity index (χ1v) is 11.2.